The van der Waals surface area contributed by atoms with Crippen molar-refractivity contribution in [2.45, 2.75) is 132 Å². The summed E-state index contributed by atoms with van der Waals surface area (Å²) in [5.41, 5.74) is 3.98. The molecule has 0 spiro atoms. The summed E-state index contributed by atoms with van der Waals surface area (Å²) in [6.07, 6.45) is 11.5. The van der Waals surface area contributed by atoms with Crippen LogP contribution in [0.3, 0.4) is 0 Å². The molecular weight excluding hydrogens is 540 g/mol. The molecule has 5 saturated carbocycles. The fourth-order valence-electron chi connectivity index (χ4n) is 12.5. The van der Waals surface area contributed by atoms with E-state index in [1.165, 1.54) is 31.3 Å². The van der Waals surface area contributed by atoms with Crippen molar-refractivity contribution in [3.63, 3.8) is 0 Å². The van der Waals surface area contributed by atoms with Crippen molar-refractivity contribution in [3.8, 4) is 0 Å². The molecule has 10 atom stereocenters. The monoisotopic (exact) mass is 598 g/mol. The molecule has 0 aromatic rings. The zero-order valence-corrected chi connectivity index (χ0v) is 28.0. The molecule has 0 aliphatic heterocycles. The maximum atomic E-state index is 12.7. The minimum Gasteiger partial charge on any atom is -0.465 e. The van der Waals surface area contributed by atoms with E-state index in [0.717, 1.165) is 38.5 Å². The Balaban J connectivity index is 1.42. The van der Waals surface area contributed by atoms with Gasteiger partial charge in [0.25, 0.3) is 0 Å². The summed E-state index contributed by atoms with van der Waals surface area (Å²) in [4.78, 5) is 36.3. The third kappa shape index (κ3) is 4.98. The number of carbonyl (C=O) groups is 3. The lowest BCUT2D eigenvalue weighted by atomic mass is 9.32. The smallest absolute Gasteiger partial charge is 0.306 e. The summed E-state index contributed by atoms with van der Waals surface area (Å²) >= 11 is 0. The van der Waals surface area contributed by atoms with Crippen LogP contribution in [0.5, 0.6) is 0 Å². The molecule has 5 aliphatic carbocycles. The largest absolute Gasteiger partial charge is 0.465 e. The van der Waals surface area contributed by atoms with E-state index in [1.54, 1.807) is 6.92 Å². The summed E-state index contributed by atoms with van der Waals surface area (Å²) in [6, 6.07) is 0. The highest BCUT2D eigenvalue weighted by Crippen LogP contribution is 2.77. The predicted molar refractivity (Wildman–Crippen MR) is 167 cm³/mol. The van der Waals surface area contributed by atoms with Crippen molar-refractivity contribution in [1.29, 1.82) is 0 Å². The third-order valence-electron chi connectivity index (χ3n) is 14.7. The first-order valence-electron chi connectivity index (χ1n) is 17.0. The highest BCUT2D eigenvalue weighted by molar-refractivity contribution is 5.80. The van der Waals surface area contributed by atoms with Gasteiger partial charge in [0.05, 0.1) is 13.0 Å². The van der Waals surface area contributed by atoms with Gasteiger partial charge in [-0.1, -0.05) is 46.8 Å². The van der Waals surface area contributed by atoms with Gasteiger partial charge in [0.15, 0.2) is 0 Å². The SMILES string of the molecule is C=C(C)[C@@H]1CC[C@]2(COC(=O)CCC(=O)NN)CC[C@]3(C)[C@H](CC[C@H]4[C@@]5(C)CC[C@H](OC(C)=O)C(C)(C)[C@@H]5CC[C@]43C)[C@@H]12. The van der Waals surface area contributed by atoms with Gasteiger partial charge in [0, 0.05) is 24.2 Å². The molecule has 7 nitrogen and oxygen atoms in total. The fourth-order valence-corrected chi connectivity index (χ4v) is 12.5. The van der Waals surface area contributed by atoms with E-state index in [9.17, 15) is 14.4 Å². The zero-order chi connectivity index (χ0) is 31.6. The predicted octanol–water partition coefficient (Wildman–Crippen LogP) is 6.89. The highest BCUT2D eigenvalue weighted by atomic mass is 16.5. The van der Waals surface area contributed by atoms with Crippen LogP contribution in [0.2, 0.25) is 0 Å². The van der Waals surface area contributed by atoms with Crippen LogP contribution in [-0.2, 0) is 23.9 Å². The number of ether oxygens (including phenoxy) is 2. The first kappa shape index (κ1) is 32.5. The number of esters is 2. The lowest BCUT2D eigenvalue weighted by molar-refractivity contribution is -0.252. The summed E-state index contributed by atoms with van der Waals surface area (Å²) in [6.45, 7) is 21.2. The highest BCUT2D eigenvalue weighted by Gasteiger charge is 2.71. The van der Waals surface area contributed by atoms with Crippen LogP contribution in [0, 0.1) is 56.7 Å². The van der Waals surface area contributed by atoms with Crippen molar-refractivity contribution in [2.24, 2.45) is 62.5 Å². The van der Waals surface area contributed by atoms with E-state index >= 15 is 0 Å². The second-order valence-electron chi connectivity index (χ2n) is 16.7. The van der Waals surface area contributed by atoms with Crippen LogP contribution >= 0.6 is 0 Å². The van der Waals surface area contributed by atoms with Crippen molar-refractivity contribution < 1.29 is 23.9 Å². The topological polar surface area (TPSA) is 108 Å². The molecule has 5 fully saturated rings. The van der Waals surface area contributed by atoms with Gasteiger partial charge in [0.2, 0.25) is 5.91 Å². The molecule has 1 amide bonds. The Kier molecular flexibility index (Phi) is 8.44. The lowest BCUT2D eigenvalue weighted by Gasteiger charge is -2.73. The van der Waals surface area contributed by atoms with Gasteiger partial charge in [-0.2, -0.15) is 0 Å². The molecule has 0 radical (unpaired) electrons. The first-order chi connectivity index (χ1) is 20.1. The maximum absolute atomic E-state index is 12.7. The molecule has 5 aliphatic rings. The van der Waals surface area contributed by atoms with E-state index in [1.807, 2.05) is 0 Å². The molecule has 7 heteroatoms. The number of hydrogen-bond donors (Lipinski definition) is 2. The molecule has 3 N–H and O–H groups in total. The molecule has 0 unspecified atom stereocenters. The number of hydrazine groups is 1. The van der Waals surface area contributed by atoms with Crippen LogP contribution in [0.4, 0.5) is 0 Å². The Hall–Kier alpha value is -1.89. The van der Waals surface area contributed by atoms with Crippen molar-refractivity contribution >= 4 is 17.8 Å². The normalized spacial score (nSPS) is 44.6. The Bertz CT molecular complexity index is 1150. The van der Waals surface area contributed by atoms with Gasteiger partial charge in [-0.15, -0.1) is 0 Å². The maximum Gasteiger partial charge on any atom is 0.306 e. The molecule has 5 rings (SSSR count). The number of fused-ring (bicyclic) bond motifs is 7. The molecular formula is C36H58N2O5. The number of rotatable bonds is 7. The van der Waals surface area contributed by atoms with Crippen LogP contribution in [0.15, 0.2) is 12.2 Å². The summed E-state index contributed by atoms with van der Waals surface area (Å²) in [7, 11) is 0. The molecule has 43 heavy (non-hydrogen) atoms. The number of nitrogens with one attached hydrogen (secondary N) is 1. The Morgan fingerprint density at radius 2 is 1.56 bits per heavy atom. The molecule has 0 bridgehead atoms. The number of amides is 1. The minimum absolute atomic E-state index is 0.00290. The minimum atomic E-state index is -0.346. The van der Waals surface area contributed by atoms with Gasteiger partial charge in [-0.3, -0.25) is 19.8 Å². The summed E-state index contributed by atoms with van der Waals surface area (Å²) in [5.74, 6) is 7.05. The quantitative estimate of drug-likeness (QED) is 0.109. The second kappa shape index (κ2) is 11.2. The lowest BCUT2D eigenvalue weighted by Crippen LogP contribution is -2.67. The van der Waals surface area contributed by atoms with Gasteiger partial charge in [0.1, 0.15) is 6.10 Å². The standard InChI is InChI=1S/C36H58N2O5/c1-22(2)24-13-18-36(21-42-30(41)12-11-29(40)38-37)20-19-34(7)25(31(24)36)9-10-27-33(6)16-15-28(43-23(3)39)32(4,5)26(33)14-17-35(27,34)8/h24-28,31H,1,9-21,37H2,2-8H3,(H,38,40)/t24-,25+,26-,27-,28-,31+,33-,34+,35+,36+/m0/s1. The van der Waals surface area contributed by atoms with E-state index in [0.29, 0.717) is 36.2 Å². The molecule has 0 heterocycles. The van der Waals surface area contributed by atoms with E-state index in [2.05, 4.69) is 53.5 Å². The molecule has 0 aromatic heterocycles. The molecule has 0 aromatic carbocycles. The van der Waals surface area contributed by atoms with Crippen LogP contribution < -0.4 is 11.3 Å². The van der Waals surface area contributed by atoms with E-state index < -0.39 is 0 Å². The van der Waals surface area contributed by atoms with Crippen LogP contribution in [-0.4, -0.2) is 30.6 Å². The van der Waals surface area contributed by atoms with Crippen LogP contribution in [0.25, 0.3) is 0 Å². The van der Waals surface area contributed by atoms with E-state index in [4.69, 9.17) is 15.3 Å². The average molecular weight is 599 g/mol. The fraction of sp³-hybridized carbons (Fsp3) is 0.861. The zero-order valence-electron chi connectivity index (χ0n) is 28.0. The first-order valence-corrected chi connectivity index (χ1v) is 17.0. The molecule has 242 valence electrons. The Morgan fingerprint density at radius 3 is 2.21 bits per heavy atom. The number of allylic oxidation sites excluding steroid dienone is 1. The Labute approximate surface area is 259 Å². The van der Waals surface area contributed by atoms with Gasteiger partial charge in [-0.05, 0) is 117 Å². The molecule has 0 saturated heterocycles. The number of hydrogen-bond acceptors (Lipinski definition) is 6. The number of carbonyl (C=O) groups excluding carboxylic acids is 3. The average Bonchev–Trinajstić information content (AvgIpc) is 3.32. The number of nitrogens with two attached hydrogens (primary N) is 1. The Morgan fingerprint density at radius 1 is 0.837 bits per heavy atom. The third-order valence-corrected chi connectivity index (χ3v) is 14.7. The van der Waals surface area contributed by atoms with Crippen molar-refractivity contribution in [3.05, 3.63) is 12.2 Å². The van der Waals surface area contributed by atoms with Gasteiger partial charge < -0.3 is 9.47 Å². The summed E-state index contributed by atoms with van der Waals surface area (Å²) < 4.78 is 11.9. The summed E-state index contributed by atoms with van der Waals surface area (Å²) in [5, 5.41) is 0. The van der Waals surface area contributed by atoms with Gasteiger partial charge >= 0.3 is 11.9 Å². The van der Waals surface area contributed by atoms with E-state index in [-0.39, 0.29) is 63.9 Å². The van der Waals surface area contributed by atoms with Crippen LogP contribution in [0.1, 0.15) is 126 Å². The van der Waals surface area contributed by atoms with Crippen molar-refractivity contribution in [2.75, 3.05) is 6.61 Å². The second-order valence-corrected chi connectivity index (χ2v) is 16.7. The van der Waals surface area contributed by atoms with Crippen molar-refractivity contribution in [1.82, 2.24) is 5.43 Å². The van der Waals surface area contributed by atoms with Gasteiger partial charge in [-0.25, -0.2) is 5.84 Å².